The second kappa shape index (κ2) is 5.40. The van der Waals surface area contributed by atoms with E-state index in [0.717, 1.165) is 5.56 Å². The maximum Gasteiger partial charge on any atom is 0.335 e. The number of nitrogens with zero attached hydrogens (tertiary/aromatic N) is 1. The van der Waals surface area contributed by atoms with E-state index in [2.05, 4.69) is 5.32 Å². The lowest BCUT2D eigenvalue weighted by Crippen LogP contribution is -1.99. The lowest BCUT2D eigenvalue weighted by Gasteiger charge is -2.08. The maximum atomic E-state index is 11.0. The largest absolute Gasteiger partial charge is 0.478 e. The predicted molar refractivity (Wildman–Crippen MR) is 74.5 cm³/mol. The first kappa shape index (κ1) is 13.5. The zero-order chi connectivity index (χ0) is 14.7. The Hall–Kier alpha value is -2.89. The predicted octanol–water partition coefficient (Wildman–Crippen LogP) is 3.35. The van der Waals surface area contributed by atoms with Crippen LogP contribution in [0.1, 0.15) is 15.9 Å². The van der Waals surface area contributed by atoms with E-state index in [1.807, 2.05) is 0 Å². The number of nitro benzene ring substituents is 1. The summed E-state index contributed by atoms with van der Waals surface area (Å²) in [6, 6.07) is 10.9. The van der Waals surface area contributed by atoms with E-state index in [1.54, 1.807) is 31.2 Å². The SMILES string of the molecule is Cc1ccc(Nc2ccc(C(=O)O)cc2)c([N+](=O)[O-])c1. The van der Waals surface area contributed by atoms with Gasteiger partial charge in [0.2, 0.25) is 0 Å². The van der Waals surface area contributed by atoms with Gasteiger partial charge in [-0.15, -0.1) is 0 Å². The van der Waals surface area contributed by atoms with Gasteiger partial charge in [0, 0.05) is 11.8 Å². The summed E-state index contributed by atoms with van der Waals surface area (Å²) in [6.07, 6.45) is 0. The smallest absolute Gasteiger partial charge is 0.335 e. The zero-order valence-electron chi connectivity index (χ0n) is 10.7. The lowest BCUT2D eigenvalue weighted by atomic mass is 10.1. The number of rotatable bonds is 4. The Kier molecular flexibility index (Phi) is 3.65. The summed E-state index contributed by atoms with van der Waals surface area (Å²) in [5, 5.41) is 22.7. The molecule has 0 atom stereocenters. The van der Waals surface area contributed by atoms with Crippen LogP contribution in [0, 0.1) is 17.0 Å². The second-order valence-corrected chi connectivity index (χ2v) is 4.29. The topological polar surface area (TPSA) is 92.5 Å². The number of carboxylic acid groups (broad SMARTS) is 1. The molecule has 2 aromatic rings. The Bertz CT molecular complexity index is 665. The highest BCUT2D eigenvalue weighted by Gasteiger charge is 2.13. The second-order valence-electron chi connectivity index (χ2n) is 4.29. The van der Waals surface area contributed by atoms with Crippen molar-refractivity contribution in [3.05, 3.63) is 63.7 Å². The Morgan fingerprint density at radius 3 is 2.40 bits per heavy atom. The van der Waals surface area contributed by atoms with Crippen molar-refractivity contribution >= 4 is 23.0 Å². The van der Waals surface area contributed by atoms with Crippen molar-refractivity contribution < 1.29 is 14.8 Å². The van der Waals surface area contributed by atoms with Gasteiger partial charge < -0.3 is 10.4 Å². The first-order valence-corrected chi connectivity index (χ1v) is 5.83. The van der Waals surface area contributed by atoms with Gasteiger partial charge in [0.25, 0.3) is 5.69 Å². The molecule has 0 saturated carbocycles. The van der Waals surface area contributed by atoms with Crippen LogP contribution in [0.4, 0.5) is 17.1 Å². The van der Waals surface area contributed by atoms with Crippen molar-refractivity contribution in [2.24, 2.45) is 0 Å². The molecule has 0 aliphatic rings. The monoisotopic (exact) mass is 272 g/mol. The fraction of sp³-hybridized carbons (Fsp3) is 0.0714. The molecule has 0 spiro atoms. The molecule has 0 saturated heterocycles. The van der Waals surface area contributed by atoms with Crippen LogP contribution >= 0.6 is 0 Å². The van der Waals surface area contributed by atoms with Crippen molar-refractivity contribution in [2.75, 3.05) is 5.32 Å². The number of hydrogen-bond donors (Lipinski definition) is 2. The van der Waals surface area contributed by atoms with Crippen LogP contribution in [0.2, 0.25) is 0 Å². The molecule has 6 nitrogen and oxygen atoms in total. The molecule has 0 aromatic heterocycles. The van der Waals surface area contributed by atoms with E-state index < -0.39 is 10.9 Å². The number of aryl methyl sites for hydroxylation is 1. The van der Waals surface area contributed by atoms with E-state index in [4.69, 9.17) is 5.11 Å². The van der Waals surface area contributed by atoms with Gasteiger partial charge in [0.1, 0.15) is 5.69 Å². The highest BCUT2D eigenvalue weighted by molar-refractivity contribution is 5.88. The summed E-state index contributed by atoms with van der Waals surface area (Å²) >= 11 is 0. The standard InChI is InChI=1S/C14H12N2O4/c1-9-2-7-12(13(8-9)16(19)20)15-11-5-3-10(4-6-11)14(17)18/h2-8,15H,1H3,(H,17,18). The quantitative estimate of drug-likeness (QED) is 0.657. The van der Waals surface area contributed by atoms with Crippen LogP contribution in [0.5, 0.6) is 0 Å². The van der Waals surface area contributed by atoms with Gasteiger partial charge in [-0.05, 0) is 42.8 Å². The number of benzene rings is 2. The summed E-state index contributed by atoms with van der Waals surface area (Å²) in [5.74, 6) is -1.02. The average Bonchev–Trinajstić information content (AvgIpc) is 2.41. The summed E-state index contributed by atoms with van der Waals surface area (Å²) in [7, 11) is 0. The maximum absolute atomic E-state index is 11.0. The third-order valence-electron chi connectivity index (χ3n) is 2.76. The summed E-state index contributed by atoms with van der Waals surface area (Å²) in [6.45, 7) is 1.78. The number of anilines is 2. The van der Waals surface area contributed by atoms with Crippen molar-refractivity contribution in [3.8, 4) is 0 Å². The Balaban J connectivity index is 2.30. The summed E-state index contributed by atoms with van der Waals surface area (Å²) in [4.78, 5) is 21.3. The molecular formula is C14H12N2O4. The number of hydrogen-bond acceptors (Lipinski definition) is 4. The van der Waals surface area contributed by atoms with Crippen molar-refractivity contribution in [2.45, 2.75) is 6.92 Å². The summed E-state index contributed by atoms with van der Waals surface area (Å²) in [5.41, 5.74) is 1.88. The normalized spacial score (nSPS) is 10.1. The number of aromatic carboxylic acids is 1. The molecule has 2 aromatic carbocycles. The molecule has 0 heterocycles. The molecule has 0 aliphatic carbocycles. The molecule has 0 bridgehead atoms. The zero-order valence-corrected chi connectivity index (χ0v) is 10.7. The number of carboxylic acids is 1. The minimum atomic E-state index is -1.02. The molecule has 0 unspecified atom stereocenters. The molecule has 0 aliphatic heterocycles. The fourth-order valence-electron chi connectivity index (χ4n) is 1.75. The number of nitrogens with one attached hydrogen (secondary N) is 1. The Morgan fingerprint density at radius 2 is 1.85 bits per heavy atom. The van der Waals surface area contributed by atoms with Gasteiger partial charge in [-0.25, -0.2) is 4.79 Å². The van der Waals surface area contributed by atoms with Crippen LogP contribution in [0.15, 0.2) is 42.5 Å². The first-order chi connectivity index (χ1) is 9.47. The number of carbonyl (C=O) groups is 1. The van der Waals surface area contributed by atoms with Gasteiger partial charge >= 0.3 is 5.97 Å². The molecule has 0 fully saturated rings. The molecule has 102 valence electrons. The van der Waals surface area contributed by atoms with Gasteiger partial charge in [0.15, 0.2) is 0 Å². The first-order valence-electron chi connectivity index (χ1n) is 5.83. The van der Waals surface area contributed by atoms with E-state index in [-0.39, 0.29) is 11.3 Å². The molecular weight excluding hydrogens is 260 g/mol. The van der Waals surface area contributed by atoms with E-state index in [0.29, 0.717) is 11.4 Å². The molecule has 6 heteroatoms. The van der Waals surface area contributed by atoms with Crippen molar-refractivity contribution in [1.29, 1.82) is 0 Å². The average molecular weight is 272 g/mol. The minimum Gasteiger partial charge on any atom is -0.478 e. The van der Waals surface area contributed by atoms with E-state index in [9.17, 15) is 14.9 Å². The Morgan fingerprint density at radius 1 is 1.20 bits per heavy atom. The molecule has 2 N–H and O–H groups in total. The molecule has 0 radical (unpaired) electrons. The number of nitro groups is 1. The minimum absolute atomic E-state index is 0.0210. The molecule has 2 rings (SSSR count). The van der Waals surface area contributed by atoms with Crippen LogP contribution in [-0.2, 0) is 0 Å². The van der Waals surface area contributed by atoms with Crippen LogP contribution in [0.3, 0.4) is 0 Å². The van der Waals surface area contributed by atoms with Gasteiger partial charge in [-0.1, -0.05) is 6.07 Å². The van der Waals surface area contributed by atoms with E-state index >= 15 is 0 Å². The van der Waals surface area contributed by atoms with Crippen molar-refractivity contribution in [3.63, 3.8) is 0 Å². The molecule has 0 amide bonds. The fourth-order valence-corrected chi connectivity index (χ4v) is 1.75. The summed E-state index contributed by atoms with van der Waals surface area (Å²) < 4.78 is 0. The highest BCUT2D eigenvalue weighted by Crippen LogP contribution is 2.28. The van der Waals surface area contributed by atoms with Crippen LogP contribution in [0.25, 0.3) is 0 Å². The third kappa shape index (κ3) is 2.92. The van der Waals surface area contributed by atoms with Gasteiger partial charge in [-0.3, -0.25) is 10.1 Å². The van der Waals surface area contributed by atoms with E-state index in [1.165, 1.54) is 18.2 Å². The van der Waals surface area contributed by atoms with Crippen LogP contribution in [-0.4, -0.2) is 16.0 Å². The molecule has 20 heavy (non-hydrogen) atoms. The van der Waals surface area contributed by atoms with Gasteiger partial charge in [0.05, 0.1) is 10.5 Å². The lowest BCUT2D eigenvalue weighted by molar-refractivity contribution is -0.384. The third-order valence-corrected chi connectivity index (χ3v) is 2.76. The Labute approximate surface area is 114 Å². The van der Waals surface area contributed by atoms with Crippen LogP contribution < -0.4 is 5.32 Å². The highest BCUT2D eigenvalue weighted by atomic mass is 16.6. The van der Waals surface area contributed by atoms with Crippen molar-refractivity contribution in [1.82, 2.24) is 0 Å². The van der Waals surface area contributed by atoms with Gasteiger partial charge in [-0.2, -0.15) is 0 Å².